The third-order valence-corrected chi connectivity index (χ3v) is 4.04. The summed E-state index contributed by atoms with van der Waals surface area (Å²) in [5, 5.41) is 7.68. The number of thiophene rings is 1. The van der Waals surface area contributed by atoms with Crippen molar-refractivity contribution in [3.05, 3.63) is 52.2 Å². The zero-order valence-corrected chi connectivity index (χ0v) is 12.9. The van der Waals surface area contributed by atoms with Gasteiger partial charge in [0.05, 0.1) is 12.5 Å². The summed E-state index contributed by atoms with van der Waals surface area (Å²) in [7, 11) is 0. The second-order valence-corrected chi connectivity index (χ2v) is 5.84. The van der Waals surface area contributed by atoms with Gasteiger partial charge in [0.25, 0.3) is 0 Å². The molecule has 5 heteroatoms. The van der Waals surface area contributed by atoms with Crippen LogP contribution >= 0.6 is 11.3 Å². The van der Waals surface area contributed by atoms with E-state index < -0.39 is 0 Å². The largest absolute Gasteiger partial charge is 0.348 e. The number of hydrogen-bond donors (Lipinski definition) is 2. The number of amides is 2. The summed E-state index contributed by atoms with van der Waals surface area (Å²) in [5.41, 5.74) is 1.65. The topological polar surface area (TPSA) is 58.2 Å². The monoisotopic (exact) mass is 302 g/mol. The van der Waals surface area contributed by atoms with Crippen LogP contribution < -0.4 is 10.6 Å². The maximum Gasteiger partial charge on any atom is 0.224 e. The Morgan fingerprint density at radius 3 is 2.48 bits per heavy atom. The number of hydrogen-bond acceptors (Lipinski definition) is 3. The Kier molecular flexibility index (Phi) is 5.11. The minimum atomic E-state index is -0.106. The Morgan fingerprint density at radius 2 is 1.90 bits per heavy atom. The zero-order valence-electron chi connectivity index (χ0n) is 12.1. The van der Waals surface area contributed by atoms with Crippen LogP contribution in [0.1, 0.15) is 30.3 Å². The highest BCUT2D eigenvalue weighted by Gasteiger charge is 2.10. The highest BCUT2D eigenvalue weighted by Crippen LogP contribution is 2.18. The summed E-state index contributed by atoms with van der Waals surface area (Å²) < 4.78 is 0. The summed E-state index contributed by atoms with van der Waals surface area (Å²) in [6.07, 6.45) is 0.329. The molecule has 1 aromatic carbocycles. The summed E-state index contributed by atoms with van der Waals surface area (Å²) in [6, 6.07) is 11.3. The van der Waals surface area contributed by atoms with E-state index in [2.05, 4.69) is 10.6 Å². The van der Waals surface area contributed by atoms with E-state index in [1.165, 1.54) is 6.92 Å². The van der Waals surface area contributed by atoms with Gasteiger partial charge < -0.3 is 10.6 Å². The van der Waals surface area contributed by atoms with Crippen LogP contribution in [0.15, 0.2) is 41.8 Å². The lowest BCUT2D eigenvalue weighted by atomic mass is 10.1. The molecule has 0 fully saturated rings. The first-order chi connectivity index (χ1) is 10.0. The average Bonchev–Trinajstić information content (AvgIpc) is 2.94. The highest BCUT2D eigenvalue weighted by molar-refractivity contribution is 7.10. The number of carbonyl (C=O) groups excluding carboxylic acids is 2. The van der Waals surface area contributed by atoms with Gasteiger partial charge in [-0.2, -0.15) is 0 Å². The Labute approximate surface area is 128 Å². The van der Waals surface area contributed by atoms with Crippen LogP contribution in [0, 0.1) is 0 Å². The molecule has 0 aliphatic heterocycles. The zero-order chi connectivity index (χ0) is 15.2. The van der Waals surface area contributed by atoms with Crippen molar-refractivity contribution < 1.29 is 9.59 Å². The number of anilines is 1. The lowest BCUT2D eigenvalue weighted by Crippen LogP contribution is -2.27. The third kappa shape index (κ3) is 4.72. The first kappa shape index (κ1) is 15.3. The molecule has 0 saturated carbocycles. The van der Waals surface area contributed by atoms with E-state index in [9.17, 15) is 9.59 Å². The molecular weight excluding hydrogens is 284 g/mol. The first-order valence-electron chi connectivity index (χ1n) is 6.74. The quantitative estimate of drug-likeness (QED) is 0.891. The van der Waals surface area contributed by atoms with E-state index in [-0.39, 0.29) is 17.9 Å². The van der Waals surface area contributed by atoms with Gasteiger partial charge in [-0.3, -0.25) is 9.59 Å². The normalized spacial score (nSPS) is 11.7. The molecule has 1 atom stereocenters. The predicted octanol–water partition coefficient (Wildman–Crippen LogP) is 3.13. The minimum Gasteiger partial charge on any atom is -0.348 e. The summed E-state index contributed by atoms with van der Waals surface area (Å²) in [4.78, 5) is 24.1. The molecule has 2 aromatic rings. The Balaban J connectivity index is 1.89. The van der Waals surface area contributed by atoms with Crippen molar-refractivity contribution in [2.24, 2.45) is 0 Å². The van der Waals surface area contributed by atoms with Crippen molar-refractivity contribution in [1.29, 1.82) is 0 Å². The summed E-state index contributed by atoms with van der Waals surface area (Å²) in [6.45, 7) is 3.44. The predicted molar refractivity (Wildman–Crippen MR) is 85.3 cm³/mol. The number of benzene rings is 1. The van der Waals surface area contributed by atoms with Crippen molar-refractivity contribution in [3.8, 4) is 0 Å². The fraction of sp³-hybridized carbons (Fsp3) is 0.250. The van der Waals surface area contributed by atoms with Crippen LogP contribution in [0.4, 0.5) is 5.69 Å². The lowest BCUT2D eigenvalue weighted by molar-refractivity contribution is -0.121. The number of nitrogens with one attached hydrogen (secondary N) is 2. The average molecular weight is 302 g/mol. The molecule has 0 spiro atoms. The molecule has 2 amide bonds. The van der Waals surface area contributed by atoms with Gasteiger partial charge in [0.2, 0.25) is 11.8 Å². The fourth-order valence-electron chi connectivity index (χ4n) is 2.00. The van der Waals surface area contributed by atoms with Gasteiger partial charge in [0.1, 0.15) is 0 Å². The second kappa shape index (κ2) is 7.04. The van der Waals surface area contributed by atoms with Crippen LogP contribution in [0.5, 0.6) is 0 Å². The molecule has 110 valence electrons. The van der Waals surface area contributed by atoms with Gasteiger partial charge >= 0.3 is 0 Å². The molecule has 0 aliphatic carbocycles. The molecular formula is C16H18N2O2S. The van der Waals surface area contributed by atoms with Gasteiger partial charge in [0, 0.05) is 17.5 Å². The van der Waals surface area contributed by atoms with Crippen molar-refractivity contribution >= 4 is 28.8 Å². The third-order valence-electron chi connectivity index (χ3n) is 2.99. The Hall–Kier alpha value is -2.14. The molecule has 2 N–H and O–H groups in total. The van der Waals surface area contributed by atoms with Crippen molar-refractivity contribution in [2.45, 2.75) is 26.3 Å². The molecule has 2 rings (SSSR count). The van der Waals surface area contributed by atoms with E-state index in [1.54, 1.807) is 23.5 Å². The maximum atomic E-state index is 12.0. The minimum absolute atomic E-state index is 0.0109. The SMILES string of the molecule is CC(=O)Nc1ccc(CC(=O)NC(C)c2cccs2)cc1. The smallest absolute Gasteiger partial charge is 0.224 e. The van der Waals surface area contributed by atoms with Crippen LogP contribution in [0.2, 0.25) is 0 Å². The van der Waals surface area contributed by atoms with E-state index in [1.807, 2.05) is 36.6 Å². The van der Waals surface area contributed by atoms with Crippen LogP contribution in [0.3, 0.4) is 0 Å². The fourth-order valence-corrected chi connectivity index (χ4v) is 2.73. The molecule has 0 radical (unpaired) electrons. The standard InChI is InChI=1S/C16H18N2O2S/c1-11(15-4-3-9-21-15)17-16(20)10-13-5-7-14(8-6-13)18-12(2)19/h3-9,11H,10H2,1-2H3,(H,17,20)(H,18,19). The lowest BCUT2D eigenvalue weighted by Gasteiger charge is -2.12. The van der Waals surface area contributed by atoms with Crippen LogP contribution in [-0.2, 0) is 16.0 Å². The van der Waals surface area contributed by atoms with Gasteiger partial charge in [-0.1, -0.05) is 18.2 Å². The summed E-state index contributed by atoms with van der Waals surface area (Å²) >= 11 is 1.63. The maximum absolute atomic E-state index is 12.0. The molecule has 1 aromatic heterocycles. The number of rotatable bonds is 5. The van der Waals surface area contributed by atoms with E-state index in [0.29, 0.717) is 6.42 Å². The Bertz CT molecular complexity index is 606. The molecule has 1 heterocycles. The van der Waals surface area contributed by atoms with Crippen molar-refractivity contribution in [1.82, 2.24) is 5.32 Å². The molecule has 0 aliphatic rings. The van der Waals surface area contributed by atoms with E-state index in [4.69, 9.17) is 0 Å². The van der Waals surface area contributed by atoms with Gasteiger partial charge in [-0.15, -0.1) is 11.3 Å². The van der Waals surface area contributed by atoms with Gasteiger partial charge in [-0.05, 0) is 36.1 Å². The van der Waals surface area contributed by atoms with Gasteiger partial charge in [0.15, 0.2) is 0 Å². The first-order valence-corrected chi connectivity index (χ1v) is 7.62. The molecule has 0 bridgehead atoms. The van der Waals surface area contributed by atoms with Crippen LogP contribution in [-0.4, -0.2) is 11.8 Å². The molecule has 4 nitrogen and oxygen atoms in total. The molecule has 21 heavy (non-hydrogen) atoms. The van der Waals surface area contributed by atoms with E-state index >= 15 is 0 Å². The van der Waals surface area contributed by atoms with Crippen molar-refractivity contribution in [3.63, 3.8) is 0 Å². The molecule has 0 saturated heterocycles. The van der Waals surface area contributed by atoms with Crippen molar-refractivity contribution in [2.75, 3.05) is 5.32 Å². The van der Waals surface area contributed by atoms with E-state index in [0.717, 1.165) is 16.1 Å². The van der Waals surface area contributed by atoms with Gasteiger partial charge in [-0.25, -0.2) is 0 Å². The summed E-state index contributed by atoms with van der Waals surface area (Å²) in [5.74, 6) is -0.117. The molecule has 1 unspecified atom stereocenters. The highest BCUT2D eigenvalue weighted by atomic mass is 32.1. The second-order valence-electron chi connectivity index (χ2n) is 4.86. The van der Waals surface area contributed by atoms with Crippen LogP contribution in [0.25, 0.3) is 0 Å². The number of carbonyl (C=O) groups is 2. The Morgan fingerprint density at radius 1 is 1.19 bits per heavy atom.